The van der Waals surface area contributed by atoms with Gasteiger partial charge in [0.05, 0.1) is 11.1 Å². The number of aliphatic hydroxyl groups is 1. The molecule has 1 aliphatic carbocycles. The standard InChI is InChI=1S/C16H24ClNO2/c1-11(2)9-18-10-12-5-3-6-13(17)16(12)20-15-8-4-7-14(15)19/h3,5-6,11,14-15,18-19H,4,7-10H2,1-2H3. The van der Waals surface area contributed by atoms with Gasteiger partial charge in [-0.2, -0.15) is 0 Å². The summed E-state index contributed by atoms with van der Waals surface area (Å²) in [4.78, 5) is 0. The Morgan fingerprint density at radius 3 is 2.85 bits per heavy atom. The minimum Gasteiger partial charge on any atom is -0.486 e. The number of benzene rings is 1. The van der Waals surface area contributed by atoms with Crippen molar-refractivity contribution in [2.75, 3.05) is 6.54 Å². The van der Waals surface area contributed by atoms with Crippen molar-refractivity contribution in [2.24, 2.45) is 5.92 Å². The summed E-state index contributed by atoms with van der Waals surface area (Å²) < 4.78 is 5.99. The number of hydrogen-bond donors (Lipinski definition) is 2. The van der Waals surface area contributed by atoms with Crippen molar-refractivity contribution in [3.8, 4) is 5.75 Å². The average Bonchev–Trinajstić information content (AvgIpc) is 2.78. The largest absolute Gasteiger partial charge is 0.486 e. The van der Waals surface area contributed by atoms with E-state index in [-0.39, 0.29) is 12.2 Å². The zero-order valence-corrected chi connectivity index (χ0v) is 13.0. The van der Waals surface area contributed by atoms with Gasteiger partial charge in [0.2, 0.25) is 0 Å². The highest BCUT2D eigenvalue weighted by atomic mass is 35.5. The fourth-order valence-corrected chi connectivity index (χ4v) is 2.75. The Kier molecular flexibility index (Phi) is 5.70. The van der Waals surface area contributed by atoms with Crippen LogP contribution in [0.15, 0.2) is 18.2 Å². The minimum atomic E-state index is -0.372. The van der Waals surface area contributed by atoms with Crippen LogP contribution in [0.3, 0.4) is 0 Å². The second kappa shape index (κ2) is 7.30. The zero-order chi connectivity index (χ0) is 14.5. The molecule has 0 saturated heterocycles. The van der Waals surface area contributed by atoms with Crippen LogP contribution in [0.2, 0.25) is 5.02 Å². The summed E-state index contributed by atoms with van der Waals surface area (Å²) in [7, 11) is 0. The van der Waals surface area contributed by atoms with Crippen LogP contribution >= 0.6 is 11.6 Å². The molecule has 0 heterocycles. The quantitative estimate of drug-likeness (QED) is 0.846. The highest BCUT2D eigenvalue weighted by Gasteiger charge is 2.28. The molecule has 2 unspecified atom stereocenters. The van der Waals surface area contributed by atoms with Crippen LogP contribution in [-0.4, -0.2) is 23.9 Å². The molecule has 0 radical (unpaired) electrons. The fraction of sp³-hybridized carbons (Fsp3) is 0.625. The number of halogens is 1. The molecule has 1 aromatic rings. The van der Waals surface area contributed by atoms with Gasteiger partial charge in [-0.05, 0) is 37.8 Å². The second-order valence-electron chi connectivity index (χ2n) is 5.91. The number of nitrogens with one attached hydrogen (secondary N) is 1. The molecule has 3 nitrogen and oxygen atoms in total. The van der Waals surface area contributed by atoms with Crippen molar-refractivity contribution < 1.29 is 9.84 Å². The second-order valence-corrected chi connectivity index (χ2v) is 6.31. The van der Waals surface area contributed by atoms with Crippen molar-refractivity contribution >= 4 is 11.6 Å². The van der Waals surface area contributed by atoms with Gasteiger partial charge in [-0.25, -0.2) is 0 Å². The van der Waals surface area contributed by atoms with Crippen molar-refractivity contribution in [3.05, 3.63) is 28.8 Å². The first kappa shape index (κ1) is 15.6. The molecule has 1 aromatic carbocycles. The van der Waals surface area contributed by atoms with Crippen LogP contribution in [0, 0.1) is 5.92 Å². The number of hydrogen-bond acceptors (Lipinski definition) is 3. The van der Waals surface area contributed by atoms with Gasteiger partial charge < -0.3 is 15.2 Å². The van der Waals surface area contributed by atoms with E-state index in [9.17, 15) is 5.11 Å². The third kappa shape index (κ3) is 4.11. The predicted molar refractivity (Wildman–Crippen MR) is 82.3 cm³/mol. The highest BCUT2D eigenvalue weighted by molar-refractivity contribution is 6.32. The topological polar surface area (TPSA) is 41.5 Å². The van der Waals surface area contributed by atoms with E-state index in [1.165, 1.54) is 0 Å². The summed E-state index contributed by atoms with van der Waals surface area (Å²) in [6.07, 6.45) is 2.22. The maximum absolute atomic E-state index is 9.90. The summed E-state index contributed by atoms with van der Waals surface area (Å²) in [5.74, 6) is 1.33. The van der Waals surface area contributed by atoms with Crippen LogP contribution < -0.4 is 10.1 Å². The van der Waals surface area contributed by atoms with Crippen LogP contribution in [0.5, 0.6) is 5.75 Å². The minimum absolute atomic E-state index is 0.126. The summed E-state index contributed by atoms with van der Waals surface area (Å²) in [6.45, 7) is 6.05. The molecule has 1 saturated carbocycles. The van der Waals surface area contributed by atoms with E-state index in [0.717, 1.165) is 43.7 Å². The van der Waals surface area contributed by atoms with Gasteiger partial charge in [0.1, 0.15) is 11.9 Å². The van der Waals surface area contributed by atoms with Crippen LogP contribution in [0.1, 0.15) is 38.7 Å². The number of ether oxygens (including phenoxy) is 1. The lowest BCUT2D eigenvalue weighted by Crippen LogP contribution is -2.27. The van der Waals surface area contributed by atoms with E-state index in [0.29, 0.717) is 10.9 Å². The Hall–Kier alpha value is -0.770. The Balaban J connectivity index is 2.05. The highest BCUT2D eigenvalue weighted by Crippen LogP contribution is 2.33. The third-order valence-electron chi connectivity index (χ3n) is 3.60. The van der Waals surface area contributed by atoms with Crippen molar-refractivity contribution in [1.29, 1.82) is 0 Å². The molecule has 4 heteroatoms. The molecule has 112 valence electrons. The summed E-state index contributed by atoms with van der Waals surface area (Å²) in [5.41, 5.74) is 1.05. The van der Waals surface area contributed by atoms with Crippen LogP contribution in [-0.2, 0) is 6.54 Å². The number of aliphatic hydroxyl groups excluding tert-OH is 1. The molecule has 0 bridgehead atoms. The molecule has 2 N–H and O–H groups in total. The first-order valence-electron chi connectivity index (χ1n) is 7.40. The molecular formula is C16H24ClNO2. The van der Waals surface area contributed by atoms with Gasteiger partial charge in [-0.15, -0.1) is 0 Å². The molecule has 0 spiro atoms. The van der Waals surface area contributed by atoms with Crippen LogP contribution in [0.25, 0.3) is 0 Å². The van der Waals surface area contributed by atoms with Gasteiger partial charge >= 0.3 is 0 Å². The first-order chi connectivity index (χ1) is 9.58. The van der Waals surface area contributed by atoms with Crippen molar-refractivity contribution in [1.82, 2.24) is 5.32 Å². The summed E-state index contributed by atoms with van der Waals surface area (Å²) >= 11 is 6.26. The lowest BCUT2D eigenvalue weighted by Gasteiger charge is -2.21. The van der Waals surface area contributed by atoms with E-state index < -0.39 is 0 Å². The van der Waals surface area contributed by atoms with Gasteiger partial charge in [-0.3, -0.25) is 0 Å². The van der Waals surface area contributed by atoms with Crippen LogP contribution in [0.4, 0.5) is 0 Å². The van der Waals surface area contributed by atoms with E-state index in [2.05, 4.69) is 19.2 Å². The van der Waals surface area contributed by atoms with Crippen molar-refractivity contribution in [3.63, 3.8) is 0 Å². The normalized spacial score (nSPS) is 22.4. The summed E-state index contributed by atoms with van der Waals surface area (Å²) in [6, 6.07) is 5.80. The molecule has 0 aromatic heterocycles. The predicted octanol–water partition coefficient (Wildman–Crippen LogP) is 3.38. The van der Waals surface area contributed by atoms with E-state index in [1.54, 1.807) is 0 Å². The zero-order valence-electron chi connectivity index (χ0n) is 12.2. The Morgan fingerprint density at radius 1 is 1.40 bits per heavy atom. The Morgan fingerprint density at radius 2 is 2.20 bits per heavy atom. The monoisotopic (exact) mass is 297 g/mol. The van der Waals surface area contributed by atoms with Crippen molar-refractivity contribution in [2.45, 2.75) is 51.9 Å². The van der Waals surface area contributed by atoms with E-state index in [1.807, 2.05) is 18.2 Å². The maximum Gasteiger partial charge on any atom is 0.142 e. The van der Waals surface area contributed by atoms with Gasteiger partial charge in [0.15, 0.2) is 0 Å². The molecule has 2 atom stereocenters. The SMILES string of the molecule is CC(C)CNCc1cccc(Cl)c1OC1CCCC1O. The molecular weight excluding hydrogens is 274 g/mol. The van der Waals surface area contributed by atoms with Gasteiger partial charge in [0.25, 0.3) is 0 Å². The van der Waals surface area contributed by atoms with Gasteiger partial charge in [0, 0.05) is 12.1 Å². The molecule has 1 fully saturated rings. The molecule has 2 rings (SSSR count). The molecule has 1 aliphatic rings. The average molecular weight is 298 g/mol. The third-order valence-corrected chi connectivity index (χ3v) is 3.90. The number of rotatable bonds is 6. The van der Waals surface area contributed by atoms with E-state index in [4.69, 9.17) is 16.3 Å². The first-order valence-corrected chi connectivity index (χ1v) is 7.78. The molecule has 0 aliphatic heterocycles. The Labute approximate surface area is 126 Å². The van der Waals surface area contributed by atoms with E-state index >= 15 is 0 Å². The fourth-order valence-electron chi connectivity index (χ4n) is 2.52. The molecule has 20 heavy (non-hydrogen) atoms. The number of para-hydroxylation sites is 1. The lowest BCUT2D eigenvalue weighted by atomic mass is 10.1. The molecule has 0 amide bonds. The maximum atomic E-state index is 9.90. The smallest absolute Gasteiger partial charge is 0.142 e. The van der Waals surface area contributed by atoms with Gasteiger partial charge in [-0.1, -0.05) is 37.6 Å². The lowest BCUT2D eigenvalue weighted by molar-refractivity contribution is 0.0598. The Bertz CT molecular complexity index is 436. The summed E-state index contributed by atoms with van der Waals surface area (Å²) in [5, 5.41) is 13.9.